The van der Waals surface area contributed by atoms with Crippen molar-refractivity contribution in [1.82, 2.24) is 14.2 Å². The molecule has 26 heavy (non-hydrogen) atoms. The molecule has 9 heteroatoms. The number of carbonyl (C=O) groups excluding carboxylic acids is 1. The second-order valence-corrected chi connectivity index (χ2v) is 9.23. The van der Waals surface area contributed by atoms with E-state index >= 15 is 0 Å². The molecule has 0 bridgehead atoms. The third kappa shape index (κ3) is 4.11. The molecule has 1 aliphatic heterocycles. The number of carbonyl (C=O) groups is 1. The molecule has 1 fully saturated rings. The van der Waals surface area contributed by atoms with Crippen LogP contribution in [0.4, 0.5) is 4.39 Å². The lowest BCUT2D eigenvalue weighted by atomic mass is 10.2. The van der Waals surface area contributed by atoms with Crippen LogP contribution in [0, 0.1) is 12.7 Å². The number of aryl methyl sites for hydroxylation is 1. The zero-order valence-electron chi connectivity index (χ0n) is 14.6. The summed E-state index contributed by atoms with van der Waals surface area (Å²) in [4.78, 5) is 19.6. The molecule has 0 N–H and O–H groups in total. The second kappa shape index (κ2) is 7.42. The molecule has 0 radical (unpaired) electrons. The number of amides is 1. The predicted molar refractivity (Wildman–Crippen MR) is 99.2 cm³/mol. The van der Waals surface area contributed by atoms with E-state index in [0.717, 1.165) is 5.56 Å². The Kier molecular flexibility index (Phi) is 5.40. The first-order valence-corrected chi connectivity index (χ1v) is 10.9. The summed E-state index contributed by atoms with van der Waals surface area (Å²) in [6, 6.07) is 6.00. The van der Waals surface area contributed by atoms with Crippen molar-refractivity contribution in [2.75, 3.05) is 32.4 Å². The number of rotatable bonds is 3. The highest BCUT2D eigenvalue weighted by Gasteiger charge is 2.26. The molecule has 0 unspecified atom stereocenters. The molecule has 1 saturated heterocycles. The summed E-state index contributed by atoms with van der Waals surface area (Å²) >= 11 is 1.28. The van der Waals surface area contributed by atoms with Crippen molar-refractivity contribution in [2.24, 2.45) is 0 Å². The molecule has 1 aliphatic rings. The number of hydrogen-bond acceptors (Lipinski definition) is 5. The average Bonchev–Trinajstić information content (AvgIpc) is 2.81. The number of sulfonamides is 1. The molecular formula is C17H20FN3O3S2. The fourth-order valence-electron chi connectivity index (χ4n) is 2.88. The Morgan fingerprint density at radius 3 is 2.50 bits per heavy atom. The van der Waals surface area contributed by atoms with Gasteiger partial charge in [-0.15, -0.1) is 11.3 Å². The summed E-state index contributed by atoms with van der Waals surface area (Å²) in [6.07, 6.45) is 1.79. The van der Waals surface area contributed by atoms with Gasteiger partial charge in [-0.25, -0.2) is 22.1 Å². The fourth-order valence-corrected chi connectivity index (χ4v) is 4.80. The highest BCUT2D eigenvalue weighted by atomic mass is 32.2. The zero-order chi connectivity index (χ0) is 18.9. The van der Waals surface area contributed by atoms with Crippen molar-refractivity contribution in [3.63, 3.8) is 0 Å². The number of hydrogen-bond donors (Lipinski definition) is 0. The van der Waals surface area contributed by atoms with Crippen molar-refractivity contribution in [3.8, 4) is 10.6 Å². The van der Waals surface area contributed by atoms with E-state index in [0.29, 0.717) is 48.2 Å². The monoisotopic (exact) mass is 397 g/mol. The first-order valence-electron chi connectivity index (χ1n) is 8.23. The first-order chi connectivity index (χ1) is 12.3. The highest BCUT2D eigenvalue weighted by molar-refractivity contribution is 7.88. The molecule has 3 rings (SSSR count). The summed E-state index contributed by atoms with van der Waals surface area (Å²) in [7, 11) is -3.25. The molecule has 0 saturated carbocycles. The van der Waals surface area contributed by atoms with E-state index in [1.165, 1.54) is 34.0 Å². The van der Waals surface area contributed by atoms with Crippen LogP contribution in [0.5, 0.6) is 0 Å². The van der Waals surface area contributed by atoms with Crippen molar-refractivity contribution < 1.29 is 17.6 Å². The lowest BCUT2D eigenvalue weighted by Crippen LogP contribution is -2.36. The summed E-state index contributed by atoms with van der Waals surface area (Å²) in [6.45, 7) is 3.36. The number of nitrogens with zero attached hydrogens (tertiary/aromatic N) is 3. The Labute approximate surface area is 156 Å². The maximum Gasteiger partial charge on any atom is 0.265 e. The van der Waals surface area contributed by atoms with Crippen LogP contribution in [0.15, 0.2) is 24.3 Å². The lowest BCUT2D eigenvalue weighted by molar-refractivity contribution is 0.0768. The fraction of sp³-hybridized carbons (Fsp3) is 0.412. The van der Waals surface area contributed by atoms with Crippen molar-refractivity contribution in [1.29, 1.82) is 0 Å². The lowest BCUT2D eigenvalue weighted by Gasteiger charge is -2.20. The average molecular weight is 397 g/mol. The number of thiazole rings is 1. The van der Waals surface area contributed by atoms with Crippen LogP contribution in [0.25, 0.3) is 10.6 Å². The Morgan fingerprint density at radius 1 is 1.15 bits per heavy atom. The van der Waals surface area contributed by atoms with Gasteiger partial charge in [0.2, 0.25) is 10.0 Å². The SMILES string of the molecule is Cc1nc(-c2ccc(F)cc2)sc1C(=O)N1CCCN(S(C)(=O)=O)CC1. The molecule has 0 aliphatic carbocycles. The Balaban J connectivity index is 1.79. The van der Waals surface area contributed by atoms with Crippen LogP contribution in [-0.2, 0) is 10.0 Å². The molecule has 0 atom stereocenters. The highest BCUT2D eigenvalue weighted by Crippen LogP contribution is 2.29. The number of halogens is 1. The standard InChI is InChI=1S/C17H20FN3O3S2/c1-12-15(25-16(19-12)13-4-6-14(18)7-5-13)17(22)20-8-3-9-21(11-10-20)26(2,23)24/h4-7H,3,8-11H2,1-2H3. The quantitative estimate of drug-likeness (QED) is 0.797. The van der Waals surface area contributed by atoms with E-state index < -0.39 is 10.0 Å². The molecule has 2 aromatic rings. The van der Waals surface area contributed by atoms with Gasteiger partial charge in [-0.1, -0.05) is 0 Å². The smallest absolute Gasteiger partial charge is 0.265 e. The van der Waals surface area contributed by atoms with Gasteiger partial charge in [-0.3, -0.25) is 4.79 Å². The summed E-state index contributed by atoms with van der Waals surface area (Å²) < 4.78 is 37.9. The molecule has 2 heterocycles. The van der Waals surface area contributed by atoms with Crippen molar-refractivity contribution in [2.45, 2.75) is 13.3 Å². The van der Waals surface area contributed by atoms with E-state index in [1.807, 2.05) is 0 Å². The van der Waals surface area contributed by atoms with E-state index in [1.54, 1.807) is 24.0 Å². The van der Waals surface area contributed by atoms with Gasteiger partial charge in [-0.2, -0.15) is 0 Å². The molecule has 140 valence electrons. The summed E-state index contributed by atoms with van der Waals surface area (Å²) in [5, 5.41) is 0.665. The maximum atomic E-state index is 13.1. The maximum absolute atomic E-state index is 13.1. The van der Waals surface area contributed by atoms with Gasteiger partial charge in [0.1, 0.15) is 15.7 Å². The third-order valence-corrected chi connectivity index (χ3v) is 6.79. The number of benzene rings is 1. The molecule has 1 aromatic carbocycles. The van der Waals surface area contributed by atoms with E-state index in [9.17, 15) is 17.6 Å². The van der Waals surface area contributed by atoms with Gasteiger partial charge in [0.15, 0.2) is 0 Å². The van der Waals surface area contributed by atoms with Crippen LogP contribution < -0.4 is 0 Å². The van der Waals surface area contributed by atoms with E-state index in [-0.39, 0.29) is 11.7 Å². The van der Waals surface area contributed by atoms with Gasteiger partial charge >= 0.3 is 0 Å². The minimum atomic E-state index is -3.25. The molecule has 1 aromatic heterocycles. The summed E-state index contributed by atoms with van der Waals surface area (Å²) in [5.74, 6) is -0.456. The molecule has 6 nitrogen and oxygen atoms in total. The van der Waals surface area contributed by atoms with Crippen LogP contribution in [0.2, 0.25) is 0 Å². The third-order valence-electron chi connectivity index (χ3n) is 4.29. The minimum Gasteiger partial charge on any atom is -0.337 e. The first kappa shape index (κ1) is 18.9. The van der Waals surface area contributed by atoms with Crippen LogP contribution >= 0.6 is 11.3 Å². The van der Waals surface area contributed by atoms with Crippen LogP contribution in [-0.4, -0.2) is 60.9 Å². The molecule has 1 amide bonds. The van der Waals surface area contributed by atoms with Crippen LogP contribution in [0.3, 0.4) is 0 Å². The van der Waals surface area contributed by atoms with Gasteiger partial charge in [0.05, 0.1) is 11.9 Å². The number of aromatic nitrogens is 1. The summed E-state index contributed by atoms with van der Waals surface area (Å²) in [5.41, 5.74) is 1.39. The topological polar surface area (TPSA) is 70.6 Å². The van der Waals surface area contributed by atoms with Crippen molar-refractivity contribution in [3.05, 3.63) is 40.7 Å². The Hall–Kier alpha value is -1.84. The van der Waals surface area contributed by atoms with Crippen LogP contribution in [0.1, 0.15) is 21.8 Å². The van der Waals surface area contributed by atoms with Gasteiger partial charge in [0.25, 0.3) is 5.91 Å². The molecule has 0 spiro atoms. The van der Waals surface area contributed by atoms with Gasteiger partial charge in [-0.05, 0) is 37.6 Å². The Morgan fingerprint density at radius 2 is 1.85 bits per heavy atom. The van der Waals surface area contributed by atoms with E-state index in [4.69, 9.17) is 0 Å². The van der Waals surface area contributed by atoms with Gasteiger partial charge in [0, 0.05) is 31.7 Å². The largest absolute Gasteiger partial charge is 0.337 e. The zero-order valence-corrected chi connectivity index (χ0v) is 16.2. The van der Waals surface area contributed by atoms with Gasteiger partial charge < -0.3 is 4.90 Å². The molecular weight excluding hydrogens is 377 g/mol. The normalized spacial score (nSPS) is 16.5. The second-order valence-electron chi connectivity index (χ2n) is 6.25. The minimum absolute atomic E-state index is 0.135. The predicted octanol–water partition coefficient (Wildman–Crippen LogP) is 2.37. The van der Waals surface area contributed by atoms with E-state index in [2.05, 4.69) is 4.98 Å². The van der Waals surface area contributed by atoms with Crippen molar-refractivity contribution >= 4 is 27.3 Å². The Bertz CT molecular complexity index is 910.